The van der Waals surface area contributed by atoms with Gasteiger partial charge in [-0.25, -0.2) is 9.37 Å². The zero-order valence-electron chi connectivity index (χ0n) is 9.59. The lowest BCUT2D eigenvalue weighted by Gasteiger charge is -2.29. The highest BCUT2D eigenvalue weighted by atomic mass is 19.1. The molecule has 1 aromatic rings. The van der Waals surface area contributed by atoms with Crippen LogP contribution in [-0.4, -0.2) is 21.3 Å². The van der Waals surface area contributed by atoms with Crippen LogP contribution < -0.4 is 11.5 Å². The van der Waals surface area contributed by atoms with Crippen molar-refractivity contribution in [3.8, 4) is 0 Å². The highest BCUT2D eigenvalue weighted by Gasteiger charge is 2.34. The minimum Gasteiger partial charge on any atom is -0.399 e. The number of aromatic nitrogens is 2. The van der Waals surface area contributed by atoms with Crippen molar-refractivity contribution >= 4 is 0 Å². The summed E-state index contributed by atoms with van der Waals surface area (Å²) < 4.78 is 16.4. The van der Waals surface area contributed by atoms with E-state index in [-0.39, 0.29) is 0 Å². The summed E-state index contributed by atoms with van der Waals surface area (Å²) in [6.07, 6.45) is 11.0. The van der Waals surface area contributed by atoms with Gasteiger partial charge in [0.15, 0.2) is 0 Å². The van der Waals surface area contributed by atoms with Crippen LogP contribution in [0, 0.1) is 0 Å². The fourth-order valence-corrected chi connectivity index (χ4v) is 1.99. The maximum absolute atomic E-state index is 14.5. The molecule has 0 saturated heterocycles. The standard InChI is InChI=1S/C12H17FN4/c13-12(8-10(14)2-3-11(12)15)4-1-6-17-7-5-16-9-17/h2-3,5,7-9,11H,1,4,6,14-15H2. The van der Waals surface area contributed by atoms with E-state index in [4.69, 9.17) is 11.5 Å². The van der Waals surface area contributed by atoms with E-state index in [9.17, 15) is 4.39 Å². The van der Waals surface area contributed by atoms with E-state index in [0.29, 0.717) is 18.5 Å². The van der Waals surface area contributed by atoms with E-state index in [1.54, 1.807) is 24.7 Å². The molecule has 5 heteroatoms. The van der Waals surface area contributed by atoms with Crippen molar-refractivity contribution in [1.29, 1.82) is 0 Å². The summed E-state index contributed by atoms with van der Waals surface area (Å²) in [6, 6.07) is -0.613. The minimum absolute atomic E-state index is 0.359. The van der Waals surface area contributed by atoms with Gasteiger partial charge in [-0.3, -0.25) is 0 Å². The van der Waals surface area contributed by atoms with Gasteiger partial charge in [0.05, 0.1) is 12.4 Å². The van der Waals surface area contributed by atoms with Gasteiger partial charge in [0.25, 0.3) is 0 Å². The van der Waals surface area contributed by atoms with Crippen LogP contribution in [0.2, 0.25) is 0 Å². The Morgan fingerprint density at radius 3 is 3.06 bits per heavy atom. The lowest BCUT2D eigenvalue weighted by atomic mass is 9.87. The van der Waals surface area contributed by atoms with E-state index >= 15 is 0 Å². The van der Waals surface area contributed by atoms with Crippen LogP contribution in [0.25, 0.3) is 0 Å². The molecule has 0 spiro atoms. The Hall–Kier alpha value is -1.62. The van der Waals surface area contributed by atoms with Crippen molar-refractivity contribution in [3.63, 3.8) is 0 Å². The van der Waals surface area contributed by atoms with E-state index in [0.717, 1.165) is 6.54 Å². The fraction of sp³-hybridized carbons (Fsp3) is 0.417. The summed E-state index contributed by atoms with van der Waals surface area (Å²) in [7, 11) is 0. The van der Waals surface area contributed by atoms with Crippen LogP contribution in [0.3, 0.4) is 0 Å². The van der Waals surface area contributed by atoms with Gasteiger partial charge in [-0.1, -0.05) is 6.08 Å². The van der Waals surface area contributed by atoms with Gasteiger partial charge in [0.1, 0.15) is 5.67 Å². The molecule has 2 unspecified atom stereocenters. The summed E-state index contributed by atoms with van der Waals surface area (Å²) in [5.74, 6) is 0. The third kappa shape index (κ3) is 2.74. The maximum atomic E-state index is 14.5. The first-order valence-electron chi connectivity index (χ1n) is 5.67. The summed E-state index contributed by atoms with van der Waals surface area (Å²) in [4.78, 5) is 3.93. The highest BCUT2D eigenvalue weighted by Crippen LogP contribution is 2.28. The molecule has 4 nitrogen and oxygen atoms in total. The van der Waals surface area contributed by atoms with Gasteiger partial charge in [-0.05, 0) is 25.0 Å². The molecule has 0 amide bonds. The predicted octanol–water partition coefficient (Wildman–Crippen LogP) is 1.11. The molecule has 92 valence electrons. The molecule has 2 rings (SSSR count). The number of aryl methyl sites for hydroxylation is 1. The van der Waals surface area contributed by atoms with Gasteiger partial charge in [-0.2, -0.15) is 0 Å². The molecule has 0 radical (unpaired) electrons. The molecule has 0 saturated carbocycles. The minimum atomic E-state index is -1.53. The van der Waals surface area contributed by atoms with Gasteiger partial charge in [0.2, 0.25) is 0 Å². The van der Waals surface area contributed by atoms with Crippen LogP contribution in [0.1, 0.15) is 12.8 Å². The Morgan fingerprint density at radius 2 is 2.35 bits per heavy atom. The summed E-state index contributed by atoms with van der Waals surface area (Å²) in [5.41, 5.74) is 10.3. The van der Waals surface area contributed by atoms with E-state index < -0.39 is 11.7 Å². The molecule has 17 heavy (non-hydrogen) atoms. The lowest BCUT2D eigenvalue weighted by Crippen LogP contribution is -2.43. The fourth-order valence-electron chi connectivity index (χ4n) is 1.99. The van der Waals surface area contributed by atoms with E-state index in [1.807, 2.05) is 10.8 Å². The second kappa shape index (κ2) is 4.71. The highest BCUT2D eigenvalue weighted by molar-refractivity contribution is 5.30. The number of nitrogens with zero attached hydrogens (tertiary/aromatic N) is 2. The predicted molar refractivity (Wildman–Crippen MR) is 64.7 cm³/mol. The monoisotopic (exact) mass is 236 g/mol. The molecule has 1 aliphatic carbocycles. The smallest absolute Gasteiger partial charge is 0.150 e. The van der Waals surface area contributed by atoms with Gasteiger partial charge >= 0.3 is 0 Å². The number of alkyl halides is 1. The number of halogens is 1. The first kappa shape index (κ1) is 11.9. The van der Waals surface area contributed by atoms with Crippen LogP contribution in [-0.2, 0) is 6.54 Å². The molecule has 0 bridgehead atoms. The molecule has 1 heterocycles. The second-order valence-electron chi connectivity index (χ2n) is 4.36. The number of nitrogens with two attached hydrogens (primary N) is 2. The number of hydrogen-bond acceptors (Lipinski definition) is 3. The zero-order chi connectivity index (χ0) is 12.3. The van der Waals surface area contributed by atoms with Gasteiger partial charge < -0.3 is 16.0 Å². The molecule has 1 aromatic heterocycles. The third-order valence-corrected chi connectivity index (χ3v) is 2.99. The van der Waals surface area contributed by atoms with Crippen molar-refractivity contribution in [2.75, 3.05) is 0 Å². The zero-order valence-corrected chi connectivity index (χ0v) is 9.59. The van der Waals surface area contributed by atoms with Crippen molar-refractivity contribution in [2.24, 2.45) is 11.5 Å². The maximum Gasteiger partial charge on any atom is 0.150 e. The first-order chi connectivity index (χ1) is 8.10. The molecule has 0 aliphatic heterocycles. The Labute approximate surface area is 99.8 Å². The van der Waals surface area contributed by atoms with Crippen LogP contribution >= 0.6 is 0 Å². The van der Waals surface area contributed by atoms with Crippen molar-refractivity contribution in [2.45, 2.75) is 31.1 Å². The third-order valence-electron chi connectivity index (χ3n) is 2.99. The largest absolute Gasteiger partial charge is 0.399 e. The van der Waals surface area contributed by atoms with Gasteiger partial charge in [0, 0.05) is 24.6 Å². The topological polar surface area (TPSA) is 69.9 Å². The summed E-state index contributed by atoms with van der Waals surface area (Å²) in [5, 5.41) is 0. The Balaban J connectivity index is 1.91. The molecular formula is C12H17FN4. The molecular weight excluding hydrogens is 219 g/mol. The average molecular weight is 236 g/mol. The molecule has 2 atom stereocenters. The first-order valence-corrected chi connectivity index (χ1v) is 5.67. The quantitative estimate of drug-likeness (QED) is 0.822. The SMILES string of the molecule is NC1=CC(F)(CCCn2ccnc2)C(N)C=C1. The number of allylic oxidation sites excluding steroid dienone is 1. The number of imidazole rings is 1. The van der Waals surface area contributed by atoms with Crippen LogP contribution in [0.15, 0.2) is 42.6 Å². The lowest BCUT2D eigenvalue weighted by molar-refractivity contribution is 0.183. The van der Waals surface area contributed by atoms with Crippen molar-refractivity contribution in [3.05, 3.63) is 42.6 Å². The molecule has 0 aromatic carbocycles. The molecule has 1 aliphatic rings. The molecule has 0 fully saturated rings. The van der Waals surface area contributed by atoms with E-state index in [2.05, 4.69) is 4.98 Å². The van der Waals surface area contributed by atoms with Crippen molar-refractivity contribution < 1.29 is 4.39 Å². The normalized spacial score (nSPS) is 28.1. The number of rotatable bonds is 4. The Morgan fingerprint density at radius 1 is 1.53 bits per heavy atom. The van der Waals surface area contributed by atoms with Crippen LogP contribution in [0.5, 0.6) is 0 Å². The molecule has 4 N–H and O–H groups in total. The average Bonchev–Trinajstić information content (AvgIpc) is 2.77. The number of hydrogen-bond donors (Lipinski definition) is 2. The van der Waals surface area contributed by atoms with E-state index in [1.165, 1.54) is 6.08 Å². The van der Waals surface area contributed by atoms with Gasteiger partial charge in [-0.15, -0.1) is 0 Å². The van der Waals surface area contributed by atoms with Crippen LogP contribution in [0.4, 0.5) is 4.39 Å². The Bertz CT molecular complexity index is 424. The summed E-state index contributed by atoms with van der Waals surface area (Å²) in [6.45, 7) is 0.732. The van der Waals surface area contributed by atoms with Crippen molar-refractivity contribution in [1.82, 2.24) is 9.55 Å². The summed E-state index contributed by atoms with van der Waals surface area (Å²) >= 11 is 0. The Kier molecular flexibility index (Phi) is 3.28. The second-order valence-corrected chi connectivity index (χ2v) is 4.36.